The Labute approximate surface area is 151 Å². The van der Waals surface area contributed by atoms with Crippen molar-refractivity contribution >= 4 is 17.9 Å². The van der Waals surface area contributed by atoms with Crippen LogP contribution in [0, 0.1) is 0 Å². The number of rotatable bonds is 6. The summed E-state index contributed by atoms with van der Waals surface area (Å²) in [5.41, 5.74) is 8.42. The number of nitrogens with zero attached hydrogens (tertiary/aromatic N) is 2. The molecule has 0 aliphatic rings. The molecule has 6 nitrogen and oxygen atoms in total. The Morgan fingerprint density at radius 2 is 1.96 bits per heavy atom. The number of nitrogens with one attached hydrogen (secondary N) is 1. The van der Waals surface area contributed by atoms with E-state index in [0.717, 1.165) is 16.8 Å². The molecule has 0 spiro atoms. The summed E-state index contributed by atoms with van der Waals surface area (Å²) in [6.07, 6.45) is 8.45. The molecule has 0 aliphatic carbocycles. The molecule has 0 unspecified atom stereocenters. The zero-order chi connectivity index (χ0) is 18.4. The smallest absolute Gasteiger partial charge is 0.248 e. The van der Waals surface area contributed by atoms with Crippen LogP contribution in [0.5, 0.6) is 0 Å². The summed E-state index contributed by atoms with van der Waals surface area (Å²) >= 11 is 0. The Morgan fingerprint density at radius 1 is 1.15 bits per heavy atom. The van der Waals surface area contributed by atoms with Crippen LogP contribution in [0.3, 0.4) is 0 Å². The van der Waals surface area contributed by atoms with Gasteiger partial charge in [-0.3, -0.25) is 9.59 Å². The van der Waals surface area contributed by atoms with Crippen LogP contribution in [0.4, 0.5) is 0 Å². The summed E-state index contributed by atoms with van der Waals surface area (Å²) in [4.78, 5) is 27.1. The fourth-order valence-corrected chi connectivity index (χ4v) is 2.42. The molecule has 3 rings (SSSR count). The van der Waals surface area contributed by atoms with Crippen molar-refractivity contribution in [1.29, 1.82) is 0 Å². The van der Waals surface area contributed by atoms with Crippen LogP contribution in [-0.2, 0) is 11.3 Å². The van der Waals surface area contributed by atoms with E-state index in [1.54, 1.807) is 42.9 Å². The summed E-state index contributed by atoms with van der Waals surface area (Å²) in [6, 6.07) is 14.6. The van der Waals surface area contributed by atoms with Gasteiger partial charge in [0.25, 0.3) is 0 Å². The molecule has 2 aromatic carbocycles. The Bertz CT molecular complexity index is 929. The molecule has 1 heterocycles. The molecule has 6 heteroatoms. The lowest BCUT2D eigenvalue weighted by atomic mass is 10.1. The van der Waals surface area contributed by atoms with E-state index in [0.29, 0.717) is 12.1 Å². The minimum Gasteiger partial charge on any atom is -0.366 e. The normalized spacial score (nSPS) is 10.8. The Hall–Kier alpha value is -3.67. The summed E-state index contributed by atoms with van der Waals surface area (Å²) in [6.45, 7) is 0.423. The van der Waals surface area contributed by atoms with Crippen molar-refractivity contribution < 1.29 is 9.59 Å². The molecule has 3 N–H and O–H groups in total. The quantitative estimate of drug-likeness (QED) is 0.671. The molecule has 0 fully saturated rings. The van der Waals surface area contributed by atoms with Crippen LogP contribution < -0.4 is 11.1 Å². The number of hydrogen-bond donors (Lipinski definition) is 2. The van der Waals surface area contributed by atoms with Gasteiger partial charge >= 0.3 is 0 Å². The van der Waals surface area contributed by atoms with E-state index < -0.39 is 5.91 Å². The second-order valence-corrected chi connectivity index (χ2v) is 5.68. The van der Waals surface area contributed by atoms with Crippen LogP contribution in [0.25, 0.3) is 11.8 Å². The van der Waals surface area contributed by atoms with Crippen LogP contribution >= 0.6 is 0 Å². The van der Waals surface area contributed by atoms with Gasteiger partial charge < -0.3 is 15.6 Å². The van der Waals surface area contributed by atoms with Gasteiger partial charge in [-0.15, -0.1) is 0 Å². The highest BCUT2D eigenvalue weighted by Crippen LogP contribution is 2.10. The highest BCUT2D eigenvalue weighted by molar-refractivity contribution is 5.94. The van der Waals surface area contributed by atoms with Gasteiger partial charge in [0.1, 0.15) is 0 Å². The molecule has 0 radical (unpaired) electrons. The molecule has 2 amide bonds. The minimum absolute atomic E-state index is 0.197. The number of primary amides is 1. The fraction of sp³-hybridized carbons (Fsp3) is 0.0500. The molecular weight excluding hydrogens is 328 g/mol. The van der Waals surface area contributed by atoms with Gasteiger partial charge in [0.05, 0.1) is 6.33 Å². The van der Waals surface area contributed by atoms with E-state index in [9.17, 15) is 9.59 Å². The zero-order valence-electron chi connectivity index (χ0n) is 14.0. The molecule has 0 atom stereocenters. The van der Waals surface area contributed by atoms with E-state index in [4.69, 9.17) is 5.73 Å². The maximum Gasteiger partial charge on any atom is 0.248 e. The average Bonchev–Trinajstić information content (AvgIpc) is 3.20. The molecule has 26 heavy (non-hydrogen) atoms. The van der Waals surface area contributed by atoms with Gasteiger partial charge in [-0.25, -0.2) is 4.98 Å². The highest BCUT2D eigenvalue weighted by Gasteiger charge is 2.01. The number of benzene rings is 2. The average molecular weight is 346 g/mol. The lowest BCUT2D eigenvalue weighted by Gasteiger charge is -2.06. The second-order valence-electron chi connectivity index (χ2n) is 5.68. The number of nitrogens with two attached hydrogens (primary N) is 1. The first-order chi connectivity index (χ1) is 12.6. The molecular formula is C20H18N4O2. The number of amides is 2. The first kappa shape index (κ1) is 17.2. The lowest BCUT2D eigenvalue weighted by Crippen LogP contribution is -2.20. The monoisotopic (exact) mass is 346 g/mol. The summed E-state index contributed by atoms with van der Waals surface area (Å²) in [5.74, 6) is -0.673. The Morgan fingerprint density at radius 3 is 2.65 bits per heavy atom. The van der Waals surface area contributed by atoms with Crippen molar-refractivity contribution in [3.8, 4) is 5.69 Å². The van der Waals surface area contributed by atoms with Gasteiger partial charge in [-0.2, -0.15) is 0 Å². The van der Waals surface area contributed by atoms with Gasteiger partial charge in [-0.05, 0) is 41.5 Å². The number of carbonyl (C=O) groups is 2. The van der Waals surface area contributed by atoms with Gasteiger partial charge in [0, 0.05) is 36.3 Å². The number of imidazole rings is 1. The van der Waals surface area contributed by atoms with Crippen molar-refractivity contribution in [3.63, 3.8) is 0 Å². The Balaban J connectivity index is 1.57. The SMILES string of the molecule is NC(=O)c1ccc(/C=C/C(=O)NCc2cccc(-n3ccnc3)c2)cc1. The van der Waals surface area contributed by atoms with E-state index in [1.165, 1.54) is 6.08 Å². The van der Waals surface area contributed by atoms with E-state index in [-0.39, 0.29) is 5.91 Å². The number of carbonyl (C=O) groups excluding carboxylic acids is 2. The van der Waals surface area contributed by atoms with E-state index in [2.05, 4.69) is 10.3 Å². The molecule has 0 saturated carbocycles. The minimum atomic E-state index is -0.476. The Kier molecular flexibility index (Phi) is 5.24. The van der Waals surface area contributed by atoms with Crippen molar-refractivity contribution in [3.05, 3.63) is 90.0 Å². The highest BCUT2D eigenvalue weighted by atomic mass is 16.1. The predicted molar refractivity (Wildman–Crippen MR) is 99.4 cm³/mol. The second kappa shape index (κ2) is 7.94. The van der Waals surface area contributed by atoms with Gasteiger partial charge in [0.2, 0.25) is 11.8 Å². The lowest BCUT2D eigenvalue weighted by molar-refractivity contribution is -0.116. The van der Waals surface area contributed by atoms with Gasteiger partial charge in [0.15, 0.2) is 0 Å². The van der Waals surface area contributed by atoms with Crippen molar-refractivity contribution in [2.24, 2.45) is 5.73 Å². The van der Waals surface area contributed by atoms with Crippen molar-refractivity contribution in [1.82, 2.24) is 14.9 Å². The topological polar surface area (TPSA) is 90.0 Å². The van der Waals surface area contributed by atoms with Crippen LogP contribution in [0.15, 0.2) is 73.3 Å². The van der Waals surface area contributed by atoms with Crippen molar-refractivity contribution in [2.45, 2.75) is 6.54 Å². The van der Waals surface area contributed by atoms with Crippen LogP contribution in [-0.4, -0.2) is 21.4 Å². The summed E-state index contributed by atoms with van der Waals surface area (Å²) < 4.78 is 1.90. The third-order valence-electron chi connectivity index (χ3n) is 3.80. The molecule has 3 aromatic rings. The predicted octanol–water partition coefficient (Wildman–Crippen LogP) is 2.30. The molecule has 0 saturated heterocycles. The maximum atomic E-state index is 12.0. The first-order valence-electron chi connectivity index (χ1n) is 8.05. The van der Waals surface area contributed by atoms with Crippen LogP contribution in [0.2, 0.25) is 0 Å². The molecule has 0 bridgehead atoms. The third kappa shape index (κ3) is 4.45. The fourth-order valence-electron chi connectivity index (χ4n) is 2.42. The standard InChI is InChI=1S/C20H18N4O2/c21-20(26)17-7-4-15(5-8-17)6-9-19(25)23-13-16-2-1-3-18(12-16)24-11-10-22-14-24/h1-12,14H,13H2,(H2,21,26)(H,23,25)/b9-6+. The number of hydrogen-bond acceptors (Lipinski definition) is 3. The largest absolute Gasteiger partial charge is 0.366 e. The summed E-state index contributed by atoms with van der Waals surface area (Å²) in [5, 5.41) is 2.85. The first-order valence-corrected chi connectivity index (χ1v) is 8.05. The zero-order valence-corrected chi connectivity index (χ0v) is 14.0. The number of aromatic nitrogens is 2. The van der Waals surface area contributed by atoms with Gasteiger partial charge in [-0.1, -0.05) is 24.3 Å². The molecule has 1 aromatic heterocycles. The summed E-state index contributed by atoms with van der Waals surface area (Å²) in [7, 11) is 0. The molecule has 130 valence electrons. The van der Waals surface area contributed by atoms with E-state index >= 15 is 0 Å². The van der Waals surface area contributed by atoms with Crippen molar-refractivity contribution in [2.75, 3.05) is 0 Å². The maximum absolute atomic E-state index is 12.0. The molecule has 0 aliphatic heterocycles. The third-order valence-corrected chi connectivity index (χ3v) is 3.80. The van der Waals surface area contributed by atoms with E-state index in [1.807, 2.05) is 35.0 Å². The van der Waals surface area contributed by atoms with Crippen LogP contribution in [0.1, 0.15) is 21.5 Å².